The van der Waals surface area contributed by atoms with Gasteiger partial charge in [-0.1, -0.05) is 12.1 Å². The fourth-order valence-electron chi connectivity index (χ4n) is 3.90. The number of amides is 1. The van der Waals surface area contributed by atoms with Gasteiger partial charge in [-0.25, -0.2) is 18.2 Å². The quantitative estimate of drug-likeness (QED) is 0.533. The van der Waals surface area contributed by atoms with Gasteiger partial charge in [0.25, 0.3) is 5.91 Å². The zero-order valence-electron chi connectivity index (χ0n) is 16.2. The van der Waals surface area contributed by atoms with Crippen molar-refractivity contribution in [2.24, 2.45) is 0 Å². The van der Waals surface area contributed by atoms with E-state index >= 15 is 0 Å². The predicted octanol–water partition coefficient (Wildman–Crippen LogP) is 2.84. The van der Waals surface area contributed by atoms with Crippen LogP contribution in [-0.4, -0.2) is 51.6 Å². The zero-order valence-corrected chi connectivity index (χ0v) is 16.2. The van der Waals surface area contributed by atoms with Gasteiger partial charge in [-0.05, 0) is 24.3 Å². The van der Waals surface area contributed by atoms with Crippen molar-refractivity contribution in [3.63, 3.8) is 0 Å². The number of hydrogen-bond donors (Lipinski definition) is 1. The number of nitrogen functional groups attached to an aromatic ring is 1. The third-order valence-electron chi connectivity index (χ3n) is 5.45. The molecule has 0 atom stereocenters. The lowest BCUT2D eigenvalue weighted by atomic mass is 10.2. The van der Waals surface area contributed by atoms with Gasteiger partial charge < -0.3 is 15.5 Å². The highest BCUT2D eigenvalue weighted by Crippen LogP contribution is 2.25. The smallest absolute Gasteiger partial charge is 0.274 e. The lowest BCUT2D eigenvalue weighted by molar-refractivity contribution is 0.0740. The first kappa shape index (κ1) is 19.2. The highest BCUT2D eigenvalue weighted by atomic mass is 19.1. The van der Waals surface area contributed by atoms with Crippen LogP contribution in [-0.2, 0) is 0 Å². The predicted molar refractivity (Wildman–Crippen MR) is 109 cm³/mol. The summed E-state index contributed by atoms with van der Waals surface area (Å²) in [5, 5.41) is 4.77. The van der Waals surface area contributed by atoms with Gasteiger partial charge in [0.2, 0.25) is 5.95 Å². The molecule has 0 aliphatic carbocycles. The van der Waals surface area contributed by atoms with Crippen molar-refractivity contribution in [1.82, 2.24) is 19.5 Å². The van der Waals surface area contributed by atoms with E-state index in [9.17, 15) is 18.0 Å². The number of halogens is 3. The minimum absolute atomic E-state index is 0.0248. The Hall–Kier alpha value is -3.82. The van der Waals surface area contributed by atoms with Crippen molar-refractivity contribution in [3.8, 4) is 0 Å². The monoisotopic (exact) mass is 426 g/mol. The summed E-state index contributed by atoms with van der Waals surface area (Å²) in [6, 6.07) is 9.53. The summed E-state index contributed by atoms with van der Waals surface area (Å²) in [5.41, 5.74) is 6.97. The average Bonchev–Trinajstić information content (AvgIpc) is 3.21. The number of benzene rings is 2. The van der Waals surface area contributed by atoms with Gasteiger partial charge in [-0.2, -0.15) is 9.61 Å². The van der Waals surface area contributed by atoms with Crippen LogP contribution in [0.3, 0.4) is 0 Å². The molecule has 4 aromatic rings. The van der Waals surface area contributed by atoms with E-state index in [1.807, 2.05) is 0 Å². The number of carbonyl (C=O) groups excluding carboxylic acids is 1. The summed E-state index contributed by atoms with van der Waals surface area (Å²) in [4.78, 5) is 20.4. The Bertz CT molecular complexity index is 1330. The molecule has 0 bridgehead atoms. The molecule has 5 rings (SSSR count). The van der Waals surface area contributed by atoms with E-state index in [0.29, 0.717) is 42.8 Å². The van der Waals surface area contributed by atoms with Crippen molar-refractivity contribution in [1.29, 1.82) is 0 Å². The Labute approximate surface area is 174 Å². The van der Waals surface area contributed by atoms with Gasteiger partial charge in [0.15, 0.2) is 5.69 Å². The van der Waals surface area contributed by atoms with Crippen LogP contribution in [0.1, 0.15) is 10.5 Å². The van der Waals surface area contributed by atoms with Crippen molar-refractivity contribution in [2.75, 3.05) is 36.8 Å². The van der Waals surface area contributed by atoms with Crippen LogP contribution in [0.2, 0.25) is 0 Å². The van der Waals surface area contributed by atoms with Gasteiger partial charge >= 0.3 is 0 Å². The second-order valence-corrected chi connectivity index (χ2v) is 7.31. The molecular formula is C21H17F3N6O. The normalized spacial score (nSPS) is 14.5. The number of anilines is 2. The van der Waals surface area contributed by atoms with Crippen molar-refractivity contribution >= 4 is 34.0 Å². The van der Waals surface area contributed by atoms with E-state index in [0.717, 1.165) is 6.07 Å². The molecule has 0 saturated carbocycles. The van der Waals surface area contributed by atoms with Crippen LogP contribution in [0.25, 0.3) is 16.4 Å². The number of nitrogens with two attached hydrogens (primary N) is 1. The van der Waals surface area contributed by atoms with Crippen LogP contribution >= 0.6 is 0 Å². The summed E-state index contributed by atoms with van der Waals surface area (Å²) in [6.07, 6.45) is 0. The van der Waals surface area contributed by atoms with E-state index in [2.05, 4.69) is 10.1 Å². The highest BCUT2D eigenvalue weighted by molar-refractivity contribution is 5.99. The lowest BCUT2D eigenvalue weighted by Gasteiger charge is -2.35. The number of aromatic nitrogens is 3. The Balaban J connectivity index is 1.40. The second-order valence-electron chi connectivity index (χ2n) is 7.31. The molecule has 2 aromatic carbocycles. The van der Waals surface area contributed by atoms with E-state index in [-0.39, 0.29) is 23.1 Å². The molecule has 1 fully saturated rings. The number of hydrogen-bond acceptors (Lipinski definition) is 5. The van der Waals surface area contributed by atoms with Gasteiger partial charge in [-0.3, -0.25) is 4.79 Å². The van der Waals surface area contributed by atoms with Crippen LogP contribution in [0.15, 0.2) is 42.5 Å². The van der Waals surface area contributed by atoms with E-state index in [4.69, 9.17) is 5.73 Å². The molecule has 1 aliphatic heterocycles. The van der Waals surface area contributed by atoms with Gasteiger partial charge in [-0.15, -0.1) is 0 Å². The number of piperazine rings is 1. The SMILES string of the molecule is Nc1nc2c(F)cccc2c2cc(C(=O)N3CCN(c4ccc(F)cc4F)CC3)nn12. The van der Waals surface area contributed by atoms with Crippen LogP contribution in [0, 0.1) is 17.5 Å². The number of nitrogens with zero attached hydrogens (tertiary/aromatic N) is 5. The molecule has 31 heavy (non-hydrogen) atoms. The molecule has 158 valence electrons. The molecule has 0 radical (unpaired) electrons. The largest absolute Gasteiger partial charge is 0.368 e. The highest BCUT2D eigenvalue weighted by Gasteiger charge is 2.26. The maximum absolute atomic E-state index is 14.1. The molecule has 1 saturated heterocycles. The van der Waals surface area contributed by atoms with E-state index < -0.39 is 17.5 Å². The van der Waals surface area contributed by atoms with Gasteiger partial charge in [0.1, 0.15) is 23.0 Å². The van der Waals surface area contributed by atoms with Gasteiger partial charge in [0.05, 0.1) is 11.2 Å². The number of fused-ring (bicyclic) bond motifs is 3. The van der Waals surface area contributed by atoms with Gasteiger partial charge in [0, 0.05) is 37.6 Å². The Kier molecular flexibility index (Phi) is 4.42. The molecular weight excluding hydrogens is 409 g/mol. The summed E-state index contributed by atoms with van der Waals surface area (Å²) in [6.45, 7) is 1.46. The summed E-state index contributed by atoms with van der Waals surface area (Å²) < 4.78 is 42.6. The van der Waals surface area contributed by atoms with E-state index in [1.54, 1.807) is 28.0 Å². The summed E-state index contributed by atoms with van der Waals surface area (Å²) in [7, 11) is 0. The molecule has 2 N–H and O–H groups in total. The molecule has 10 heteroatoms. The van der Waals surface area contributed by atoms with Crippen molar-refractivity contribution in [3.05, 3.63) is 65.6 Å². The fraction of sp³-hybridized carbons (Fsp3) is 0.190. The Morgan fingerprint density at radius 2 is 1.74 bits per heavy atom. The maximum Gasteiger partial charge on any atom is 0.274 e. The molecule has 0 spiro atoms. The number of para-hydroxylation sites is 1. The maximum atomic E-state index is 14.1. The topological polar surface area (TPSA) is 79.8 Å². The summed E-state index contributed by atoms with van der Waals surface area (Å²) in [5.74, 6) is -2.12. The molecule has 1 aliphatic rings. The van der Waals surface area contributed by atoms with Crippen LogP contribution < -0.4 is 10.6 Å². The minimum atomic E-state index is -0.637. The molecule has 0 unspecified atom stereocenters. The fourth-order valence-corrected chi connectivity index (χ4v) is 3.90. The second kappa shape index (κ2) is 7.15. The standard InChI is InChI=1S/C21H17F3N6O/c22-12-4-5-17(15(24)10-12)28-6-8-29(9-7-28)20(31)16-11-18-13-2-1-3-14(23)19(13)26-21(25)30(18)27-16/h1-5,10-11H,6-9H2,(H2,25,26). The minimum Gasteiger partial charge on any atom is -0.368 e. The Morgan fingerprint density at radius 1 is 0.968 bits per heavy atom. The van der Waals surface area contributed by atoms with Crippen LogP contribution in [0.5, 0.6) is 0 Å². The molecule has 3 heterocycles. The number of rotatable bonds is 2. The molecule has 2 aromatic heterocycles. The zero-order chi connectivity index (χ0) is 21.7. The van der Waals surface area contributed by atoms with E-state index in [1.165, 1.54) is 22.7 Å². The third kappa shape index (κ3) is 3.20. The number of carbonyl (C=O) groups is 1. The Morgan fingerprint density at radius 3 is 2.48 bits per heavy atom. The van der Waals surface area contributed by atoms with Crippen molar-refractivity contribution in [2.45, 2.75) is 0 Å². The molecule has 7 nitrogen and oxygen atoms in total. The first-order valence-corrected chi connectivity index (χ1v) is 9.65. The average molecular weight is 426 g/mol. The lowest BCUT2D eigenvalue weighted by Crippen LogP contribution is -2.49. The van der Waals surface area contributed by atoms with Crippen LogP contribution in [0.4, 0.5) is 24.8 Å². The molecule has 1 amide bonds. The van der Waals surface area contributed by atoms with Crippen molar-refractivity contribution < 1.29 is 18.0 Å². The first-order chi connectivity index (χ1) is 14.9. The summed E-state index contributed by atoms with van der Waals surface area (Å²) >= 11 is 0. The first-order valence-electron chi connectivity index (χ1n) is 9.65. The third-order valence-corrected chi connectivity index (χ3v) is 5.45.